The first-order chi connectivity index (χ1) is 16.7. The fourth-order valence-corrected chi connectivity index (χ4v) is 3.61. The lowest BCUT2D eigenvalue weighted by Crippen LogP contribution is -2.01. The second-order valence-electron chi connectivity index (χ2n) is 7.59. The summed E-state index contributed by atoms with van der Waals surface area (Å²) in [6, 6.07) is 26.2. The van der Waals surface area contributed by atoms with E-state index in [0.717, 1.165) is 22.5 Å². The highest BCUT2D eigenvalue weighted by molar-refractivity contribution is 5.68. The van der Waals surface area contributed by atoms with E-state index in [1.54, 1.807) is 29.2 Å². The molecule has 0 saturated carbocycles. The average Bonchev–Trinajstić information content (AvgIpc) is 3.51. The van der Waals surface area contributed by atoms with E-state index >= 15 is 0 Å². The van der Waals surface area contributed by atoms with Crippen molar-refractivity contribution in [3.8, 4) is 22.7 Å². The third-order valence-corrected chi connectivity index (χ3v) is 5.24. The van der Waals surface area contributed by atoms with Crippen molar-refractivity contribution in [1.82, 2.24) is 24.8 Å². The highest BCUT2D eigenvalue weighted by Gasteiger charge is 2.16. The zero-order valence-corrected chi connectivity index (χ0v) is 18.1. The molecule has 0 aliphatic carbocycles. The van der Waals surface area contributed by atoms with Crippen molar-refractivity contribution < 1.29 is 9.66 Å². The normalized spacial score (nSPS) is 10.8. The third kappa shape index (κ3) is 4.53. The van der Waals surface area contributed by atoms with Gasteiger partial charge in [-0.05, 0) is 17.7 Å². The van der Waals surface area contributed by atoms with E-state index in [2.05, 4.69) is 15.4 Å². The topological polar surface area (TPSA) is 101 Å². The van der Waals surface area contributed by atoms with Crippen molar-refractivity contribution in [3.63, 3.8) is 0 Å². The molecule has 0 saturated heterocycles. The fraction of sp³-hybridized carbons (Fsp3) is 0.0800. The van der Waals surface area contributed by atoms with Crippen molar-refractivity contribution in [2.45, 2.75) is 13.2 Å². The number of nitrogens with zero attached hydrogens (tertiary/aromatic N) is 6. The highest BCUT2D eigenvalue weighted by Crippen LogP contribution is 2.32. The second kappa shape index (κ2) is 9.37. The van der Waals surface area contributed by atoms with Crippen LogP contribution in [0.3, 0.4) is 0 Å². The first-order valence-electron chi connectivity index (χ1n) is 10.6. The number of nitro groups is 1. The van der Waals surface area contributed by atoms with Gasteiger partial charge >= 0.3 is 0 Å². The van der Waals surface area contributed by atoms with Gasteiger partial charge in [-0.25, -0.2) is 9.36 Å². The minimum atomic E-state index is -0.418. The molecule has 3 aromatic carbocycles. The molecule has 0 atom stereocenters. The Balaban J connectivity index is 1.33. The highest BCUT2D eigenvalue weighted by atomic mass is 16.6. The van der Waals surface area contributed by atoms with Gasteiger partial charge in [0.2, 0.25) is 0 Å². The van der Waals surface area contributed by atoms with Crippen LogP contribution < -0.4 is 4.74 Å². The first-order valence-corrected chi connectivity index (χ1v) is 10.6. The van der Waals surface area contributed by atoms with Gasteiger partial charge in [0.25, 0.3) is 5.69 Å². The SMILES string of the molecule is O=[N+]([O-])c1ccc(Cn2cc(COc3cnn(-c4ccccc4)c3-c3ccccc3)nn2)cc1. The molecule has 0 N–H and O–H groups in total. The van der Waals surface area contributed by atoms with Crippen LogP contribution in [0.25, 0.3) is 16.9 Å². The number of nitro benzene ring substituents is 1. The van der Waals surface area contributed by atoms with Crippen LogP contribution in [-0.2, 0) is 13.2 Å². The number of para-hydroxylation sites is 1. The molecule has 0 aliphatic rings. The maximum atomic E-state index is 10.8. The summed E-state index contributed by atoms with van der Waals surface area (Å²) < 4.78 is 9.64. The summed E-state index contributed by atoms with van der Waals surface area (Å²) in [6.07, 6.45) is 3.50. The molecule has 0 radical (unpaired) electrons. The number of rotatable bonds is 8. The predicted octanol–water partition coefficient (Wildman–Crippen LogP) is 4.67. The number of benzene rings is 3. The summed E-state index contributed by atoms with van der Waals surface area (Å²) >= 11 is 0. The van der Waals surface area contributed by atoms with Crippen molar-refractivity contribution in [3.05, 3.63) is 119 Å². The molecule has 0 spiro atoms. The molecule has 9 nitrogen and oxygen atoms in total. The van der Waals surface area contributed by atoms with Gasteiger partial charge in [-0.3, -0.25) is 10.1 Å². The Labute approximate surface area is 195 Å². The average molecular weight is 452 g/mol. The molecule has 0 bridgehead atoms. The largest absolute Gasteiger partial charge is 0.483 e. The molecule has 0 aliphatic heterocycles. The van der Waals surface area contributed by atoms with E-state index in [-0.39, 0.29) is 12.3 Å². The zero-order chi connectivity index (χ0) is 23.3. The first kappa shape index (κ1) is 21.1. The molecule has 2 heterocycles. The molecule has 9 heteroatoms. The lowest BCUT2D eigenvalue weighted by Gasteiger charge is -2.10. The van der Waals surface area contributed by atoms with Crippen molar-refractivity contribution in [2.75, 3.05) is 0 Å². The Morgan fingerprint density at radius 3 is 2.32 bits per heavy atom. The van der Waals surface area contributed by atoms with Gasteiger partial charge in [0.15, 0.2) is 5.75 Å². The number of ether oxygens (including phenoxy) is 1. The maximum absolute atomic E-state index is 10.8. The minimum absolute atomic E-state index is 0.0571. The summed E-state index contributed by atoms with van der Waals surface area (Å²) in [5.74, 6) is 0.639. The van der Waals surface area contributed by atoms with E-state index in [1.165, 1.54) is 12.1 Å². The lowest BCUT2D eigenvalue weighted by molar-refractivity contribution is -0.384. The molecular formula is C25H20N6O3. The van der Waals surface area contributed by atoms with Gasteiger partial charge in [0, 0.05) is 17.7 Å². The molecule has 0 unspecified atom stereocenters. The monoisotopic (exact) mass is 452 g/mol. The Morgan fingerprint density at radius 1 is 0.912 bits per heavy atom. The van der Waals surface area contributed by atoms with Crippen LogP contribution in [0.5, 0.6) is 5.75 Å². The minimum Gasteiger partial charge on any atom is -0.483 e. The van der Waals surface area contributed by atoms with Crippen LogP contribution in [0.1, 0.15) is 11.3 Å². The van der Waals surface area contributed by atoms with E-state index in [9.17, 15) is 10.1 Å². The quantitative estimate of drug-likeness (QED) is 0.251. The van der Waals surface area contributed by atoms with Gasteiger partial charge in [-0.2, -0.15) is 5.10 Å². The van der Waals surface area contributed by atoms with E-state index < -0.39 is 4.92 Å². The molecule has 2 aromatic heterocycles. The van der Waals surface area contributed by atoms with E-state index in [1.807, 2.05) is 65.3 Å². The standard InChI is InChI=1S/C25H20N6O3/c32-31(33)23-13-11-19(12-14-23)16-29-17-21(27-28-29)18-34-24-15-26-30(22-9-5-2-6-10-22)25(24)20-7-3-1-4-8-20/h1-15,17H,16,18H2. The molecule has 5 rings (SSSR count). The summed E-state index contributed by atoms with van der Waals surface area (Å²) in [7, 11) is 0. The Bertz CT molecular complexity index is 1400. The fourth-order valence-electron chi connectivity index (χ4n) is 3.61. The number of aromatic nitrogens is 5. The van der Waals surface area contributed by atoms with Crippen LogP contribution in [0.4, 0.5) is 5.69 Å². The van der Waals surface area contributed by atoms with Crippen LogP contribution in [0.2, 0.25) is 0 Å². The summed E-state index contributed by atoms with van der Waals surface area (Å²) in [5, 5.41) is 23.7. The van der Waals surface area contributed by atoms with Crippen molar-refractivity contribution in [1.29, 1.82) is 0 Å². The molecule has 168 valence electrons. The van der Waals surface area contributed by atoms with E-state index in [0.29, 0.717) is 18.0 Å². The van der Waals surface area contributed by atoms with E-state index in [4.69, 9.17) is 4.74 Å². The van der Waals surface area contributed by atoms with Crippen LogP contribution >= 0.6 is 0 Å². The molecule has 5 aromatic rings. The second-order valence-corrected chi connectivity index (χ2v) is 7.59. The van der Waals surface area contributed by atoms with Gasteiger partial charge in [0.05, 0.1) is 29.5 Å². The lowest BCUT2D eigenvalue weighted by atomic mass is 10.1. The summed E-state index contributed by atoms with van der Waals surface area (Å²) in [6.45, 7) is 0.673. The van der Waals surface area contributed by atoms with Gasteiger partial charge < -0.3 is 4.74 Å². The Kier molecular flexibility index (Phi) is 5.81. The van der Waals surface area contributed by atoms with Gasteiger partial charge in [-0.15, -0.1) is 5.10 Å². The van der Waals surface area contributed by atoms with Crippen LogP contribution in [-0.4, -0.2) is 29.7 Å². The van der Waals surface area contributed by atoms with Crippen molar-refractivity contribution in [2.24, 2.45) is 0 Å². The smallest absolute Gasteiger partial charge is 0.269 e. The summed E-state index contributed by atoms with van der Waals surface area (Å²) in [4.78, 5) is 10.4. The molecule has 0 amide bonds. The Morgan fingerprint density at radius 2 is 1.62 bits per heavy atom. The Hall–Kier alpha value is -4.79. The van der Waals surface area contributed by atoms with Crippen LogP contribution in [0, 0.1) is 10.1 Å². The third-order valence-electron chi connectivity index (χ3n) is 5.24. The van der Waals surface area contributed by atoms with Gasteiger partial charge in [-0.1, -0.05) is 65.9 Å². The maximum Gasteiger partial charge on any atom is 0.269 e. The summed E-state index contributed by atoms with van der Waals surface area (Å²) in [5.41, 5.74) is 4.38. The predicted molar refractivity (Wildman–Crippen MR) is 126 cm³/mol. The molecular weight excluding hydrogens is 432 g/mol. The van der Waals surface area contributed by atoms with Crippen LogP contribution in [0.15, 0.2) is 97.3 Å². The van der Waals surface area contributed by atoms with Crippen molar-refractivity contribution >= 4 is 5.69 Å². The molecule has 0 fully saturated rings. The van der Waals surface area contributed by atoms with Gasteiger partial charge in [0.1, 0.15) is 18.0 Å². The zero-order valence-electron chi connectivity index (χ0n) is 18.1. The number of non-ortho nitro benzene ring substituents is 1. The molecule has 34 heavy (non-hydrogen) atoms. The number of hydrogen-bond acceptors (Lipinski definition) is 6. The number of hydrogen-bond donors (Lipinski definition) is 0.